The molecule has 1 aliphatic rings. The van der Waals surface area contributed by atoms with Gasteiger partial charge in [-0.2, -0.15) is 0 Å². The lowest BCUT2D eigenvalue weighted by Crippen LogP contribution is -2.38. The Balaban J connectivity index is 1.58. The molecule has 120 valence electrons. The number of halogens is 2. The first kappa shape index (κ1) is 15.3. The van der Waals surface area contributed by atoms with Crippen molar-refractivity contribution < 1.29 is 13.6 Å². The second-order valence-corrected chi connectivity index (χ2v) is 5.47. The van der Waals surface area contributed by atoms with Gasteiger partial charge < -0.3 is 10.2 Å². The third-order valence-corrected chi connectivity index (χ3v) is 3.87. The van der Waals surface area contributed by atoms with Crippen LogP contribution in [0.3, 0.4) is 0 Å². The van der Waals surface area contributed by atoms with Crippen LogP contribution in [-0.2, 0) is 4.79 Å². The third kappa shape index (κ3) is 3.80. The summed E-state index contributed by atoms with van der Waals surface area (Å²) in [7, 11) is 0. The van der Waals surface area contributed by atoms with E-state index in [2.05, 4.69) is 20.2 Å². The number of benzene rings is 1. The van der Waals surface area contributed by atoms with Gasteiger partial charge in [-0.25, -0.2) is 13.8 Å². The van der Waals surface area contributed by atoms with Crippen LogP contribution in [0.2, 0.25) is 0 Å². The number of carbonyl (C=O) groups excluding carboxylic acids is 1. The highest BCUT2D eigenvalue weighted by molar-refractivity contribution is 5.92. The lowest BCUT2D eigenvalue weighted by Gasteiger charge is -2.31. The topological polar surface area (TPSA) is 58.1 Å². The number of nitrogens with zero attached hydrogens (tertiary/aromatic N) is 3. The van der Waals surface area contributed by atoms with Crippen LogP contribution in [0.25, 0.3) is 0 Å². The van der Waals surface area contributed by atoms with Gasteiger partial charge in [-0.05, 0) is 25.0 Å². The fourth-order valence-corrected chi connectivity index (χ4v) is 2.70. The Morgan fingerprint density at radius 3 is 2.43 bits per heavy atom. The van der Waals surface area contributed by atoms with Crippen LogP contribution < -0.4 is 10.2 Å². The standard InChI is InChI=1S/C16H16F2N4O/c17-12-7-13(18)9-14(8-12)21-16(23)11-1-5-22(6-2-11)15-10-19-3-4-20-15/h3-4,7-11H,1-2,5-6H2,(H,21,23). The monoisotopic (exact) mass is 318 g/mol. The van der Waals surface area contributed by atoms with Gasteiger partial charge in [0.05, 0.1) is 6.20 Å². The first-order valence-electron chi connectivity index (χ1n) is 7.40. The van der Waals surface area contributed by atoms with Gasteiger partial charge >= 0.3 is 0 Å². The molecule has 7 heteroatoms. The zero-order chi connectivity index (χ0) is 16.2. The number of hydrogen-bond acceptors (Lipinski definition) is 4. The molecule has 2 aromatic rings. The lowest BCUT2D eigenvalue weighted by atomic mass is 9.96. The van der Waals surface area contributed by atoms with E-state index < -0.39 is 11.6 Å². The Hall–Kier alpha value is -2.57. The van der Waals surface area contributed by atoms with Crippen molar-refractivity contribution >= 4 is 17.4 Å². The number of carbonyl (C=O) groups is 1. The minimum absolute atomic E-state index is 0.142. The van der Waals surface area contributed by atoms with Crippen molar-refractivity contribution in [3.05, 3.63) is 48.4 Å². The second-order valence-electron chi connectivity index (χ2n) is 5.47. The molecule has 0 unspecified atom stereocenters. The van der Waals surface area contributed by atoms with E-state index in [1.165, 1.54) is 0 Å². The predicted octanol–water partition coefficient (Wildman–Crippen LogP) is 2.61. The number of rotatable bonds is 3. The molecule has 1 aromatic carbocycles. The Morgan fingerprint density at radius 1 is 1.13 bits per heavy atom. The maximum atomic E-state index is 13.1. The fraction of sp³-hybridized carbons (Fsp3) is 0.312. The Morgan fingerprint density at radius 2 is 1.83 bits per heavy atom. The Bertz CT molecular complexity index is 667. The van der Waals surface area contributed by atoms with E-state index >= 15 is 0 Å². The summed E-state index contributed by atoms with van der Waals surface area (Å²) in [5, 5.41) is 2.58. The number of piperidine rings is 1. The summed E-state index contributed by atoms with van der Waals surface area (Å²) < 4.78 is 26.3. The number of amides is 1. The Kier molecular flexibility index (Phi) is 4.45. The van der Waals surface area contributed by atoms with Crippen LogP contribution in [0.4, 0.5) is 20.3 Å². The average Bonchev–Trinajstić information content (AvgIpc) is 2.55. The number of hydrogen-bond donors (Lipinski definition) is 1. The molecule has 5 nitrogen and oxygen atoms in total. The molecule has 1 aromatic heterocycles. The van der Waals surface area contributed by atoms with Crippen LogP contribution in [0, 0.1) is 17.6 Å². The summed E-state index contributed by atoms with van der Waals surface area (Å²) in [5.41, 5.74) is 0.142. The maximum absolute atomic E-state index is 13.1. The first-order chi connectivity index (χ1) is 11.1. The van der Waals surface area contributed by atoms with E-state index in [0.717, 1.165) is 24.0 Å². The quantitative estimate of drug-likeness (QED) is 0.945. The van der Waals surface area contributed by atoms with Gasteiger partial charge in [0.25, 0.3) is 0 Å². The molecule has 1 saturated heterocycles. The summed E-state index contributed by atoms with van der Waals surface area (Å²) in [6, 6.07) is 2.99. The minimum atomic E-state index is -0.710. The number of nitrogens with one attached hydrogen (secondary N) is 1. The zero-order valence-electron chi connectivity index (χ0n) is 12.4. The fourth-order valence-electron chi connectivity index (χ4n) is 2.70. The van der Waals surface area contributed by atoms with Gasteiger partial charge in [-0.15, -0.1) is 0 Å². The van der Waals surface area contributed by atoms with E-state index in [9.17, 15) is 13.6 Å². The highest BCUT2D eigenvalue weighted by Gasteiger charge is 2.25. The summed E-state index contributed by atoms with van der Waals surface area (Å²) in [4.78, 5) is 22.6. The van der Waals surface area contributed by atoms with Gasteiger partial charge in [0.1, 0.15) is 17.5 Å². The van der Waals surface area contributed by atoms with Crippen molar-refractivity contribution in [1.29, 1.82) is 0 Å². The van der Waals surface area contributed by atoms with Gasteiger partial charge in [0.15, 0.2) is 0 Å². The second kappa shape index (κ2) is 6.68. The molecule has 3 rings (SSSR count). The average molecular weight is 318 g/mol. The lowest BCUT2D eigenvalue weighted by molar-refractivity contribution is -0.120. The van der Waals surface area contributed by atoms with Gasteiger partial charge in [-0.1, -0.05) is 0 Å². The first-order valence-corrected chi connectivity index (χ1v) is 7.40. The molecule has 1 fully saturated rings. The summed E-state index contributed by atoms with van der Waals surface area (Å²) in [5.74, 6) is -1.03. The normalized spacial score (nSPS) is 15.5. The summed E-state index contributed by atoms with van der Waals surface area (Å²) in [6.07, 6.45) is 6.24. The summed E-state index contributed by atoms with van der Waals surface area (Å²) in [6.45, 7) is 1.38. The van der Waals surface area contributed by atoms with E-state index in [-0.39, 0.29) is 17.5 Å². The van der Waals surface area contributed by atoms with Gasteiger partial charge in [0.2, 0.25) is 5.91 Å². The minimum Gasteiger partial charge on any atom is -0.355 e. The SMILES string of the molecule is O=C(Nc1cc(F)cc(F)c1)C1CCN(c2cnccn2)CC1. The number of aromatic nitrogens is 2. The van der Waals surface area contributed by atoms with Crippen LogP contribution in [-0.4, -0.2) is 29.0 Å². The van der Waals surface area contributed by atoms with Crippen LogP contribution >= 0.6 is 0 Å². The predicted molar refractivity (Wildman–Crippen MR) is 82.0 cm³/mol. The number of anilines is 2. The molecule has 0 radical (unpaired) electrons. The van der Waals surface area contributed by atoms with Crippen LogP contribution in [0.15, 0.2) is 36.8 Å². The zero-order valence-corrected chi connectivity index (χ0v) is 12.4. The molecule has 0 aliphatic carbocycles. The molecule has 23 heavy (non-hydrogen) atoms. The molecule has 0 atom stereocenters. The van der Waals surface area contributed by atoms with Crippen molar-refractivity contribution in [1.82, 2.24) is 9.97 Å². The molecule has 1 aliphatic heterocycles. The molecular formula is C16H16F2N4O. The molecule has 1 amide bonds. The van der Waals surface area contributed by atoms with Gasteiger partial charge in [0, 0.05) is 43.2 Å². The van der Waals surface area contributed by atoms with Crippen molar-refractivity contribution in [3.63, 3.8) is 0 Å². The van der Waals surface area contributed by atoms with Crippen molar-refractivity contribution in [2.24, 2.45) is 5.92 Å². The van der Waals surface area contributed by atoms with Crippen molar-refractivity contribution in [2.45, 2.75) is 12.8 Å². The Labute approximate surface area is 132 Å². The van der Waals surface area contributed by atoms with E-state index in [4.69, 9.17) is 0 Å². The van der Waals surface area contributed by atoms with Gasteiger partial charge in [-0.3, -0.25) is 9.78 Å². The highest BCUT2D eigenvalue weighted by Crippen LogP contribution is 2.23. The van der Waals surface area contributed by atoms with E-state index in [1.54, 1.807) is 18.6 Å². The molecule has 2 heterocycles. The highest BCUT2D eigenvalue weighted by atomic mass is 19.1. The molecule has 0 bridgehead atoms. The van der Waals surface area contributed by atoms with Crippen LogP contribution in [0.5, 0.6) is 0 Å². The summed E-state index contributed by atoms with van der Waals surface area (Å²) >= 11 is 0. The maximum Gasteiger partial charge on any atom is 0.227 e. The van der Waals surface area contributed by atoms with Crippen molar-refractivity contribution in [2.75, 3.05) is 23.3 Å². The molecular weight excluding hydrogens is 302 g/mol. The largest absolute Gasteiger partial charge is 0.355 e. The molecule has 0 saturated carbocycles. The third-order valence-electron chi connectivity index (χ3n) is 3.87. The van der Waals surface area contributed by atoms with E-state index in [0.29, 0.717) is 25.9 Å². The van der Waals surface area contributed by atoms with Crippen LogP contribution in [0.1, 0.15) is 12.8 Å². The van der Waals surface area contributed by atoms with Crippen molar-refractivity contribution in [3.8, 4) is 0 Å². The smallest absolute Gasteiger partial charge is 0.227 e. The molecule has 0 spiro atoms. The van der Waals surface area contributed by atoms with E-state index in [1.807, 2.05) is 0 Å². The molecule has 1 N–H and O–H groups in total.